The van der Waals surface area contributed by atoms with Gasteiger partial charge >= 0.3 is 0 Å². The van der Waals surface area contributed by atoms with Crippen LogP contribution in [-0.2, 0) is 0 Å². The van der Waals surface area contributed by atoms with E-state index in [4.69, 9.17) is 0 Å². The number of carbonyl (C=O) groups excluding carboxylic acids is 2. The summed E-state index contributed by atoms with van der Waals surface area (Å²) < 4.78 is 0. The maximum absolute atomic E-state index is 12.6. The minimum absolute atomic E-state index is 0.0104. The number of ketones is 2. The Kier molecular flexibility index (Phi) is 6.01. The van der Waals surface area contributed by atoms with Gasteiger partial charge in [0, 0.05) is 53.9 Å². The highest BCUT2D eigenvalue weighted by Gasteiger charge is 2.12. The number of allylic oxidation sites excluding steroid dienone is 1. The zero-order valence-electron chi connectivity index (χ0n) is 14.3. The quantitative estimate of drug-likeness (QED) is 0.574. The normalized spacial score (nSPS) is 11.2. The number of benzene rings is 1. The molecule has 0 saturated heterocycles. The largest absolute Gasteiger partial charge is 0.371 e. The number of Topliss-reactive ketones (excluding diaryl/α,β-unsaturated/α-hetero) is 1. The number of rotatable bonds is 7. The number of aromatic nitrogens is 1. The number of hydrogen-bond donors (Lipinski definition) is 0. The summed E-state index contributed by atoms with van der Waals surface area (Å²) in [5, 5.41) is 0. The fourth-order valence-electron chi connectivity index (χ4n) is 2.51. The second-order valence-electron chi connectivity index (χ2n) is 5.44. The van der Waals surface area contributed by atoms with E-state index < -0.39 is 0 Å². The molecule has 0 aliphatic heterocycles. The van der Waals surface area contributed by atoms with E-state index in [0.29, 0.717) is 11.1 Å². The molecule has 0 fully saturated rings. The van der Waals surface area contributed by atoms with Gasteiger partial charge in [-0.1, -0.05) is 24.3 Å². The molecule has 24 heavy (non-hydrogen) atoms. The standard InChI is InChI=1S/C20H22N2O2/c1-4-22(5-2)19(18-7-6-12-21-14-18)13-20(24)17-10-8-16(9-11-17)15(3)23/h6-14H,4-5H2,1-3H3/b19-13-. The van der Waals surface area contributed by atoms with Crippen LogP contribution in [0.1, 0.15) is 47.1 Å². The predicted molar refractivity (Wildman–Crippen MR) is 95.9 cm³/mol. The zero-order chi connectivity index (χ0) is 17.5. The lowest BCUT2D eigenvalue weighted by Crippen LogP contribution is -2.22. The fraction of sp³-hybridized carbons (Fsp3) is 0.250. The topological polar surface area (TPSA) is 50.3 Å². The molecule has 0 radical (unpaired) electrons. The first-order chi connectivity index (χ1) is 11.6. The van der Waals surface area contributed by atoms with Crippen LogP contribution in [-0.4, -0.2) is 34.5 Å². The van der Waals surface area contributed by atoms with E-state index in [-0.39, 0.29) is 11.6 Å². The van der Waals surface area contributed by atoms with Crippen molar-refractivity contribution in [3.8, 4) is 0 Å². The molecule has 1 aromatic carbocycles. The average molecular weight is 322 g/mol. The number of pyridine rings is 1. The van der Waals surface area contributed by atoms with Crippen LogP contribution in [0.25, 0.3) is 5.70 Å². The molecule has 1 aromatic heterocycles. The van der Waals surface area contributed by atoms with Crippen molar-refractivity contribution in [2.75, 3.05) is 13.1 Å². The van der Waals surface area contributed by atoms with Gasteiger partial charge in [-0.25, -0.2) is 0 Å². The highest BCUT2D eigenvalue weighted by molar-refractivity contribution is 6.08. The second kappa shape index (κ2) is 8.20. The smallest absolute Gasteiger partial charge is 0.187 e. The Morgan fingerprint density at radius 1 is 1.00 bits per heavy atom. The molecule has 124 valence electrons. The van der Waals surface area contributed by atoms with Crippen LogP contribution in [0.3, 0.4) is 0 Å². The van der Waals surface area contributed by atoms with Gasteiger partial charge in [0.1, 0.15) is 0 Å². The van der Waals surface area contributed by atoms with E-state index in [2.05, 4.69) is 23.7 Å². The maximum atomic E-state index is 12.6. The molecule has 0 saturated carbocycles. The van der Waals surface area contributed by atoms with Crippen molar-refractivity contribution in [1.29, 1.82) is 0 Å². The molecule has 2 aromatic rings. The molecule has 0 unspecified atom stereocenters. The van der Waals surface area contributed by atoms with E-state index >= 15 is 0 Å². The molecular weight excluding hydrogens is 300 g/mol. The molecule has 4 nitrogen and oxygen atoms in total. The van der Waals surface area contributed by atoms with Gasteiger partial charge in [0.2, 0.25) is 0 Å². The van der Waals surface area contributed by atoms with Gasteiger partial charge in [0.05, 0.1) is 0 Å². The van der Waals surface area contributed by atoms with Gasteiger partial charge in [-0.05, 0) is 32.9 Å². The number of carbonyl (C=O) groups is 2. The Morgan fingerprint density at radius 2 is 1.62 bits per heavy atom. The zero-order valence-corrected chi connectivity index (χ0v) is 14.3. The van der Waals surface area contributed by atoms with E-state index in [1.165, 1.54) is 6.92 Å². The fourth-order valence-corrected chi connectivity index (χ4v) is 2.51. The highest BCUT2D eigenvalue weighted by atomic mass is 16.1. The SMILES string of the molecule is CCN(CC)/C(=C\C(=O)c1ccc(C(C)=O)cc1)c1cccnc1. The third kappa shape index (κ3) is 4.16. The molecule has 0 bridgehead atoms. The summed E-state index contributed by atoms with van der Waals surface area (Å²) in [6, 6.07) is 10.6. The van der Waals surface area contributed by atoms with Gasteiger partial charge in [-0.2, -0.15) is 0 Å². The lowest BCUT2D eigenvalue weighted by Gasteiger charge is -2.24. The van der Waals surface area contributed by atoms with Crippen LogP contribution in [0.2, 0.25) is 0 Å². The Balaban J connectivity index is 2.38. The first-order valence-corrected chi connectivity index (χ1v) is 8.09. The van der Waals surface area contributed by atoms with Crippen molar-refractivity contribution in [1.82, 2.24) is 9.88 Å². The Hall–Kier alpha value is -2.75. The van der Waals surface area contributed by atoms with Crippen molar-refractivity contribution < 1.29 is 9.59 Å². The minimum atomic E-state index is -0.0872. The molecule has 4 heteroatoms. The van der Waals surface area contributed by atoms with Crippen molar-refractivity contribution in [2.24, 2.45) is 0 Å². The molecule has 2 rings (SSSR count). The predicted octanol–water partition coefficient (Wildman–Crippen LogP) is 3.85. The van der Waals surface area contributed by atoms with Crippen LogP contribution in [0.4, 0.5) is 0 Å². The number of nitrogens with zero attached hydrogens (tertiary/aromatic N) is 2. The lowest BCUT2D eigenvalue weighted by atomic mass is 10.0. The summed E-state index contributed by atoms with van der Waals surface area (Å²) in [5.41, 5.74) is 2.93. The first-order valence-electron chi connectivity index (χ1n) is 8.09. The molecule has 0 aliphatic rings. The molecular formula is C20H22N2O2. The summed E-state index contributed by atoms with van der Waals surface area (Å²) in [4.78, 5) is 30.3. The summed E-state index contributed by atoms with van der Waals surface area (Å²) in [5.74, 6) is -0.0976. The van der Waals surface area contributed by atoms with E-state index in [1.54, 1.807) is 42.7 Å². The van der Waals surface area contributed by atoms with Gasteiger partial charge in [-0.3, -0.25) is 14.6 Å². The van der Waals surface area contributed by atoms with Crippen LogP contribution in [0, 0.1) is 0 Å². The Labute approximate surface area is 142 Å². The van der Waals surface area contributed by atoms with Crippen molar-refractivity contribution in [3.63, 3.8) is 0 Å². The van der Waals surface area contributed by atoms with Crippen LogP contribution >= 0.6 is 0 Å². The summed E-state index contributed by atoms with van der Waals surface area (Å²) in [6.07, 6.45) is 5.12. The second-order valence-corrected chi connectivity index (χ2v) is 5.44. The summed E-state index contributed by atoms with van der Waals surface area (Å²) in [7, 11) is 0. The Morgan fingerprint density at radius 3 is 2.12 bits per heavy atom. The monoisotopic (exact) mass is 322 g/mol. The highest BCUT2D eigenvalue weighted by Crippen LogP contribution is 2.19. The molecule has 0 atom stereocenters. The summed E-state index contributed by atoms with van der Waals surface area (Å²) >= 11 is 0. The van der Waals surface area contributed by atoms with Crippen LogP contribution in [0.5, 0.6) is 0 Å². The third-order valence-corrected chi connectivity index (χ3v) is 3.91. The lowest BCUT2D eigenvalue weighted by molar-refractivity contribution is 0.101. The van der Waals surface area contributed by atoms with Crippen LogP contribution < -0.4 is 0 Å². The molecule has 1 heterocycles. The minimum Gasteiger partial charge on any atom is -0.371 e. The van der Waals surface area contributed by atoms with E-state index in [0.717, 1.165) is 24.4 Å². The Bertz CT molecular complexity index is 730. The van der Waals surface area contributed by atoms with E-state index in [9.17, 15) is 9.59 Å². The molecule has 0 aliphatic carbocycles. The van der Waals surface area contributed by atoms with Crippen molar-refractivity contribution in [2.45, 2.75) is 20.8 Å². The third-order valence-electron chi connectivity index (χ3n) is 3.91. The van der Waals surface area contributed by atoms with E-state index in [1.807, 2.05) is 12.1 Å². The van der Waals surface area contributed by atoms with Crippen LogP contribution in [0.15, 0.2) is 54.9 Å². The van der Waals surface area contributed by atoms with Gasteiger partial charge in [0.15, 0.2) is 11.6 Å². The van der Waals surface area contributed by atoms with Gasteiger partial charge in [-0.15, -0.1) is 0 Å². The maximum Gasteiger partial charge on any atom is 0.187 e. The van der Waals surface area contributed by atoms with Gasteiger partial charge < -0.3 is 4.90 Å². The number of hydrogen-bond acceptors (Lipinski definition) is 4. The average Bonchev–Trinajstić information content (AvgIpc) is 2.62. The van der Waals surface area contributed by atoms with Crippen molar-refractivity contribution in [3.05, 3.63) is 71.6 Å². The molecule has 0 amide bonds. The van der Waals surface area contributed by atoms with Gasteiger partial charge in [0.25, 0.3) is 0 Å². The van der Waals surface area contributed by atoms with Crippen molar-refractivity contribution >= 4 is 17.3 Å². The molecule has 0 N–H and O–H groups in total. The summed E-state index contributed by atoms with van der Waals surface area (Å²) in [6.45, 7) is 7.22. The first kappa shape index (κ1) is 17.6. The molecule has 0 spiro atoms.